The molecule has 3 N–H and O–H groups in total. The number of anilines is 1. The van der Waals surface area contributed by atoms with E-state index in [-0.39, 0.29) is 36.3 Å². The average molecular weight is 342 g/mol. The van der Waals surface area contributed by atoms with Gasteiger partial charge in [-0.15, -0.1) is 12.4 Å². The number of carbonyl (C=O) groups excluding carboxylic acids is 2. The number of morpholine rings is 1. The third kappa shape index (κ3) is 6.56. The Morgan fingerprint density at radius 2 is 2.22 bits per heavy atom. The van der Waals surface area contributed by atoms with Crippen molar-refractivity contribution in [3.63, 3.8) is 0 Å². The van der Waals surface area contributed by atoms with Crippen LogP contribution in [0.2, 0.25) is 0 Å². The summed E-state index contributed by atoms with van der Waals surface area (Å²) in [5.41, 5.74) is 1.68. The molecule has 6 nitrogen and oxygen atoms in total. The lowest BCUT2D eigenvalue weighted by Gasteiger charge is -2.24. The van der Waals surface area contributed by atoms with Crippen molar-refractivity contribution in [2.45, 2.75) is 32.4 Å². The topological polar surface area (TPSA) is 79.5 Å². The van der Waals surface area contributed by atoms with E-state index >= 15 is 0 Å². The summed E-state index contributed by atoms with van der Waals surface area (Å²) in [6, 6.07) is 7.44. The Bertz CT molecular complexity index is 533. The van der Waals surface area contributed by atoms with Crippen molar-refractivity contribution in [3.8, 4) is 0 Å². The maximum absolute atomic E-state index is 12.1. The predicted molar refractivity (Wildman–Crippen MR) is 91.8 cm³/mol. The predicted octanol–water partition coefficient (Wildman–Crippen LogP) is 1.62. The van der Waals surface area contributed by atoms with Crippen LogP contribution in [-0.4, -0.2) is 37.6 Å². The van der Waals surface area contributed by atoms with Gasteiger partial charge in [-0.05, 0) is 24.6 Å². The maximum atomic E-state index is 12.1. The van der Waals surface area contributed by atoms with Crippen LogP contribution in [0.5, 0.6) is 0 Å². The molecule has 1 aliphatic rings. The molecule has 1 aromatic carbocycles. The quantitative estimate of drug-likeness (QED) is 0.760. The van der Waals surface area contributed by atoms with Crippen LogP contribution in [0.3, 0.4) is 0 Å². The smallest absolute Gasteiger partial charge is 0.222 e. The minimum atomic E-state index is -0.120. The fourth-order valence-electron chi connectivity index (χ4n) is 2.45. The molecule has 0 aromatic heterocycles. The van der Waals surface area contributed by atoms with Gasteiger partial charge in [0.1, 0.15) is 0 Å². The van der Waals surface area contributed by atoms with E-state index in [4.69, 9.17) is 4.74 Å². The zero-order chi connectivity index (χ0) is 15.9. The molecule has 1 aliphatic heterocycles. The standard InChI is InChI=1S/C16H23N3O3.ClH/c1-11(13-4-3-5-14(8-13)19-12(2)20)18-16(21)9-15-10-22-7-6-17-15;/h3-5,8,11,15,17H,6-7,9-10H2,1-2H3,(H,18,21)(H,19,20);1H. The van der Waals surface area contributed by atoms with Crippen LogP contribution in [0.1, 0.15) is 31.9 Å². The summed E-state index contributed by atoms with van der Waals surface area (Å²) in [5, 5.41) is 8.98. The van der Waals surface area contributed by atoms with Crippen LogP contribution >= 0.6 is 12.4 Å². The van der Waals surface area contributed by atoms with Crippen LogP contribution in [0.15, 0.2) is 24.3 Å². The van der Waals surface area contributed by atoms with Gasteiger partial charge in [-0.25, -0.2) is 0 Å². The molecule has 1 heterocycles. The van der Waals surface area contributed by atoms with Gasteiger partial charge >= 0.3 is 0 Å². The highest BCUT2D eigenvalue weighted by molar-refractivity contribution is 5.88. The van der Waals surface area contributed by atoms with Gasteiger partial charge in [0.25, 0.3) is 0 Å². The van der Waals surface area contributed by atoms with Crippen LogP contribution in [0, 0.1) is 0 Å². The molecule has 7 heteroatoms. The number of hydrogen-bond donors (Lipinski definition) is 3. The molecule has 1 fully saturated rings. The van der Waals surface area contributed by atoms with Crippen molar-refractivity contribution in [2.75, 3.05) is 25.1 Å². The van der Waals surface area contributed by atoms with Gasteiger partial charge in [-0.1, -0.05) is 12.1 Å². The van der Waals surface area contributed by atoms with E-state index in [2.05, 4.69) is 16.0 Å². The summed E-state index contributed by atoms with van der Waals surface area (Å²) in [6.07, 6.45) is 0.399. The number of rotatable bonds is 5. The minimum Gasteiger partial charge on any atom is -0.378 e. The minimum absolute atomic E-state index is 0. The Balaban J connectivity index is 0.00000264. The largest absolute Gasteiger partial charge is 0.378 e. The summed E-state index contributed by atoms with van der Waals surface area (Å²) < 4.78 is 5.34. The molecule has 1 aromatic rings. The first-order valence-corrected chi connectivity index (χ1v) is 7.52. The summed E-state index contributed by atoms with van der Waals surface area (Å²) in [6.45, 7) is 5.45. The second-order valence-corrected chi connectivity index (χ2v) is 5.53. The summed E-state index contributed by atoms with van der Waals surface area (Å²) in [4.78, 5) is 23.2. The highest BCUT2D eigenvalue weighted by Crippen LogP contribution is 2.17. The average Bonchev–Trinajstić information content (AvgIpc) is 2.47. The molecule has 0 radical (unpaired) electrons. The van der Waals surface area contributed by atoms with E-state index in [1.165, 1.54) is 6.92 Å². The SMILES string of the molecule is CC(=O)Nc1cccc(C(C)NC(=O)CC2COCCN2)c1.Cl. The monoisotopic (exact) mass is 341 g/mol. The molecule has 2 atom stereocenters. The van der Waals surface area contributed by atoms with Gasteiger partial charge in [-0.3, -0.25) is 9.59 Å². The van der Waals surface area contributed by atoms with Gasteiger partial charge in [0.2, 0.25) is 11.8 Å². The number of halogens is 1. The first-order valence-electron chi connectivity index (χ1n) is 7.52. The first-order chi connectivity index (χ1) is 10.5. The lowest BCUT2D eigenvalue weighted by atomic mass is 10.1. The Labute approximate surface area is 142 Å². The van der Waals surface area contributed by atoms with Crippen molar-refractivity contribution in [1.82, 2.24) is 10.6 Å². The number of hydrogen-bond acceptors (Lipinski definition) is 4. The number of carbonyl (C=O) groups is 2. The van der Waals surface area contributed by atoms with Crippen molar-refractivity contribution in [2.24, 2.45) is 0 Å². The molecule has 1 saturated heterocycles. The van der Waals surface area contributed by atoms with Crippen LogP contribution in [0.25, 0.3) is 0 Å². The number of ether oxygens (including phenoxy) is 1. The number of amides is 2. The van der Waals surface area contributed by atoms with E-state index in [9.17, 15) is 9.59 Å². The molecular weight excluding hydrogens is 318 g/mol. The van der Waals surface area contributed by atoms with E-state index in [0.29, 0.717) is 19.6 Å². The Kier molecular flexibility index (Phi) is 8.02. The molecule has 0 aliphatic carbocycles. The number of benzene rings is 1. The molecule has 128 valence electrons. The zero-order valence-corrected chi connectivity index (χ0v) is 14.2. The fraction of sp³-hybridized carbons (Fsp3) is 0.500. The van der Waals surface area contributed by atoms with E-state index in [0.717, 1.165) is 17.8 Å². The molecule has 2 rings (SSSR count). The summed E-state index contributed by atoms with van der Waals surface area (Å²) in [7, 11) is 0. The Morgan fingerprint density at radius 1 is 1.43 bits per heavy atom. The van der Waals surface area contributed by atoms with Crippen molar-refractivity contribution >= 4 is 29.9 Å². The van der Waals surface area contributed by atoms with Crippen LogP contribution in [-0.2, 0) is 14.3 Å². The third-order valence-electron chi connectivity index (χ3n) is 3.51. The van der Waals surface area contributed by atoms with E-state index in [1.54, 1.807) is 0 Å². The molecule has 0 spiro atoms. The normalized spacial score (nSPS) is 18.4. The van der Waals surface area contributed by atoms with Gasteiger partial charge in [0.15, 0.2) is 0 Å². The lowest BCUT2D eigenvalue weighted by Crippen LogP contribution is -2.44. The zero-order valence-electron chi connectivity index (χ0n) is 13.4. The van der Waals surface area contributed by atoms with Crippen LogP contribution in [0.4, 0.5) is 5.69 Å². The summed E-state index contributed by atoms with van der Waals surface area (Å²) in [5.74, 6) is -0.127. The third-order valence-corrected chi connectivity index (χ3v) is 3.51. The maximum Gasteiger partial charge on any atom is 0.222 e. The van der Waals surface area contributed by atoms with Gasteiger partial charge in [-0.2, -0.15) is 0 Å². The molecule has 2 unspecified atom stereocenters. The van der Waals surface area contributed by atoms with E-state index in [1.807, 2.05) is 31.2 Å². The Morgan fingerprint density at radius 3 is 2.87 bits per heavy atom. The van der Waals surface area contributed by atoms with Crippen molar-refractivity contribution in [1.29, 1.82) is 0 Å². The Hall–Kier alpha value is -1.63. The summed E-state index contributed by atoms with van der Waals surface area (Å²) >= 11 is 0. The molecule has 0 bridgehead atoms. The molecule has 2 amide bonds. The van der Waals surface area contributed by atoms with E-state index < -0.39 is 0 Å². The lowest BCUT2D eigenvalue weighted by molar-refractivity contribution is -0.123. The molecule has 0 saturated carbocycles. The highest BCUT2D eigenvalue weighted by Gasteiger charge is 2.18. The second-order valence-electron chi connectivity index (χ2n) is 5.53. The van der Waals surface area contributed by atoms with Gasteiger partial charge < -0.3 is 20.7 Å². The molecular formula is C16H24ClN3O3. The van der Waals surface area contributed by atoms with Gasteiger partial charge in [0.05, 0.1) is 19.3 Å². The van der Waals surface area contributed by atoms with Crippen molar-refractivity contribution < 1.29 is 14.3 Å². The first kappa shape index (κ1) is 19.4. The van der Waals surface area contributed by atoms with Gasteiger partial charge in [0, 0.05) is 31.6 Å². The highest BCUT2D eigenvalue weighted by atomic mass is 35.5. The fourth-order valence-corrected chi connectivity index (χ4v) is 2.45. The molecule has 23 heavy (non-hydrogen) atoms. The number of nitrogens with one attached hydrogen (secondary N) is 3. The van der Waals surface area contributed by atoms with Crippen LogP contribution < -0.4 is 16.0 Å². The van der Waals surface area contributed by atoms with Crippen molar-refractivity contribution in [3.05, 3.63) is 29.8 Å². The second kappa shape index (κ2) is 9.50.